The van der Waals surface area contributed by atoms with Crippen LogP contribution in [0.5, 0.6) is 5.75 Å². The first-order chi connectivity index (χ1) is 12.6. The molecule has 0 aliphatic carbocycles. The number of hydrogen-bond donors (Lipinski definition) is 4. The second kappa shape index (κ2) is 7.39. The summed E-state index contributed by atoms with van der Waals surface area (Å²) in [4.78, 5) is 19.2. The maximum Gasteiger partial charge on any atom is 0.335 e. The summed E-state index contributed by atoms with van der Waals surface area (Å²) in [6, 6.07) is 13.7. The molecule has 8 heteroatoms. The molecular weight excluding hydrogens is 334 g/mol. The van der Waals surface area contributed by atoms with Gasteiger partial charge in [-0.1, -0.05) is 12.1 Å². The predicted molar refractivity (Wildman–Crippen MR) is 99.4 cm³/mol. The largest absolute Gasteiger partial charge is 0.495 e. The summed E-state index contributed by atoms with van der Waals surface area (Å²) < 4.78 is 5.30. The number of aromatic carboxylic acids is 1. The number of nitrogens with zero attached hydrogens (tertiary/aromatic N) is 2. The van der Waals surface area contributed by atoms with Gasteiger partial charge in [-0.05, 0) is 36.4 Å². The average molecular weight is 351 g/mol. The van der Waals surface area contributed by atoms with Crippen LogP contribution in [-0.2, 0) is 0 Å². The summed E-state index contributed by atoms with van der Waals surface area (Å²) in [6.45, 7) is 0. The number of ether oxygens (including phenoxy) is 1. The zero-order chi connectivity index (χ0) is 18.5. The van der Waals surface area contributed by atoms with Crippen molar-refractivity contribution in [2.24, 2.45) is 0 Å². The van der Waals surface area contributed by atoms with E-state index < -0.39 is 5.97 Å². The molecule has 0 radical (unpaired) electrons. The third kappa shape index (κ3) is 3.64. The van der Waals surface area contributed by atoms with Gasteiger partial charge in [0.05, 0.1) is 18.4 Å². The van der Waals surface area contributed by atoms with Gasteiger partial charge in [0.15, 0.2) is 11.6 Å². The fraction of sp³-hybridized carbons (Fsp3) is 0.0556. The summed E-state index contributed by atoms with van der Waals surface area (Å²) in [6.07, 6.45) is 1.38. The Balaban J connectivity index is 1.84. The molecule has 0 saturated carbocycles. The molecule has 1 aromatic heterocycles. The van der Waals surface area contributed by atoms with Crippen molar-refractivity contribution in [1.82, 2.24) is 9.97 Å². The van der Waals surface area contributed by atoms with Crippen molar-refractivity contribution in [2.45, 2.75) is 0 Å². The Morgan fingerprint density at radius 1 is 1.04 bits per heavy atom. The molecule has 0 amide bonds. The van der Waals surface area contributed by atoms with Crippen LogP contribution in [0.2, 0.25) is 0 Å². The lowest BCUT2D eigenvalue weighted by Gasteiger charge is -2.14. The Kier molecular flexibility index (Phi) is 4.84. The number of para-hydroxylation sites is 2. The van der Waals surface area contributed by atoms with E-state index in [1.165, 1.54) is 18.5 Å². The van der Waals surface area contributed by atoms with Gasteiger partial charge in [0.25, 0.3) is 0 Å². The van der Waals surface area contributed by atoms with Crippen molar-refractivity contribution >= 4 is 34.7 Å². The fourth-order valence-electron chi connectivity index (χ4n) is 2.30. The summed E-state index contributed by atoms with van der Waals surface area (Å²) in [5.74, 6) is 0.500. The van der Waals surface area contributed by atoms with E-state index in [9.17, 15) is 4.79 Å². The summed E-state index contributed by atoms with van der Waals surface area (Å²) >= 11 is 0. The van der Waals surface area contributed by atoms with Crippen molar-refractivity contribution in [1.29, 1.82) is 0 Å². The highest BCUT2D eigenvalue weighted by Gasteiger charge is 2.11. The maximum atomic E-state index is 10.9. The zero-order valence-corrected chi connectivity index (χ0v) is 13.9. The van der Waals surface area contributed by atoms with E-state index in [1.807, 2.05) is 24.3 Å². The molecule has 0 fully saturated rings. The normalized spacial score (nSPS) is 10.2. The molecule has 0 saturated heterocycles. The van der Waals surface area contributed by atoms with Gasteiger partial charge in [0.2, 0.25) is 0 Å². The van der Waals surface area contributed by atoms with Crippen LogP contribution in [-0.4, -0.2) is 28.2 Å². The number of rotatable bonds is 6. The average Bonchev–Trinajstić information content (AvgIpc) is 2.66. The first-order valence-corrected chi connectivity index (χ1v) is 7.69. The predicted octanol–water partition coefficient (Wildman–Crippen LogP) is 3.25. The summed E-state index contributed by atoms with van der Waals surface area (Å²) in [5, 5.41) is 15.1. The van der Waals surface area contributed by atoms with E-state index in [4.69, 9.17) is 15.6 Å². The van der Waals surface area contributed by atoms with Gasteiger partial charge in [0, 0.05) is 5.69 Å². The van der Waals surface area contributed by atoms with Crippen LogP contribution in [0.3, 0.4) is 0 Å². The van der Waals surface area contributed by atoms with Crippen molar-refractivity contribution in [3.8, 4) is 5.75 Å². The lowest BCUT2D eigenvalue weighted by atomic mass is 10.2. The van der Waals surface area contributed by atoms with Crippen LogP contribution in [0.15, 0.2) is 54.9 Å². The molecule has 0 bridgehead atoms. The second-order valence-electron chi connectivity index (χ2n) is 5.32. The van der Waals surface area contributed by atoms with Crippen LogP contribution in [0.25, 0.3) is 0 Å². The summed E-state index contributed by atoms with van der Waals surface area (Å²) in [7, 11) is 1.58. The number of nitrogen functional groups attached to an aromatic ring is 1. The number of nitrogens with one attached hydrogen (secondary N) is 2. The molecule has 0 aliphatic heterocycles. The molecule has 0 aliphatic rings. The number of nitrogens with two attached hydrogens (primary N) is 1. The first-order valence-electron chi connectivity index (χ1n) is 7.69. The van der Waals surface area contributed by atoms with Crippen LogP contribution >= 0.6 is 0 Å². The number of methoxy groups -OCH3 is 1. The number of benzene rings is 2. The minimum absolute atomic E-state index is 0.199. The number of aromatic nitrogens is 2. The number of carboxylic acid groups (broad SMARTS) is 1. The van der Waals surface area contributed by atoms with Crippen molar-refractivity contribution in [2.75, 3.05) is 23.5 Å². The van der Waals surface area contributed by atoms with Gasteiger partial charge in [0.1, 0.15) is 17.8 Å². The summed E-state index contributed by atoms with van der Waals surface area (Å²) in [5.41, 5.74) is 8.06. The monoisotopic (exact) mass is 351 g/mol. The molecule has 8 nitrogen and oxygen atoms in total. The van der Waals surface area contributed by atoms with Crippen molar-refractivity contribution in [3.63, 3.8) is 0 Å². The van der Waals surface area contributed by atoms with Gasteiger partial charge in [-0.15, -0.1) is 0 Å². The molecule has 0 unspecified atom stereocenters. The maximum absolute atomic E-state index is 10.9. The van der Waals surface area contributed by atoms with E-state index in [2.05, 4.69) is 20.6 Å². The molecule has 5 N–H and O–H groups in total. The minimum Gasteiger partial charge on any atom is -0.495 e. The van der Waals surface area contributed by atoms with E-state index in [1.54, 1.807) is 19.2 Å². The van der Waals surface area contributed by atoms with Gasteiger partial charge >= 0.3 is 5.97 Å². The quantitative estimate of drug-likeness (QED) is 0.534. The van der Waals surface area contributed by atoms with Crippen LogP contribution in [0.1, 0.15) is 10.4 Å². The molecule has 2 aromatic carbocycles. The lowest BCUT2D eigenvalue weighted by molar-refractivity contribution is 0.0697. The van der Waals surface area contributed by atoms with E-state index in [0.717, 1.165) is 5.69 Å². The number of anilines is 5. The van der Waals surface area contributed by atoms with Crippen molar-refractivity contribution in [3.05, 3.63) is 60.4 Å². The van der Waals surface area contributed by atoms with Gasteiger partial charge < -0.3 is 26.2 Å². The molecule has 3 aromatic rings. The Bertz CT molecular complexity index is 928. The van der Waals surface area contributed by atoms with Crippen molar-refractivity contribution < 1.29 is 14.6 Å². The zero-order valence-electron chi connectivity index (χ0n) is 13.9. The number of carboxylic acids is 1. The molecular formula is C18H17N5O3. The Morgan fingerprint density at radius 3 is 2.35 bits per heavy atom. The number of carbonyl (C=O) groups is 1. The molecule has 0 spiro atoms. The standard InChI is InChI=1S/C18H17N5O3/c1-26-14-5-3-2-4-13(14)23-17-15(19)16(20-10-21-17)22-12-8-6-11(7-9-12)18(24)25/h2-10H,19H2,1H3,(H,24,25)(H2,20,21,22,23). The van der Waals surface area contributed by atoms with Crippen LogP contribution < -0.4 is 21.1 Å². The number of hydrogen-bond acceptors (Lipinski definition) is 7. The van der Waals surface area contributed by atoms with Gasteiger partial charge in [-0.2, -0.15) is 0 Å². The first kappa shape index (κ1) is 17.0. The molecule has 1 heterocycles. The van der Waals surface area contributed by atoms with E-state index in [0.29, 0.717) is 28.8 Å². The van der Waals surface area contributed by atoms with Gasteiger partial charge in [-0.25, -0.2) is 14.8 Å². The highest BCUT2D eigenvalue weighted by molar-refractivity contribution is 5.88. The Morgan fingerprint density at radius 2 is 1.69 bits per heavy atom. The Hall–Kier alpha value is -3.81. The topological polar surface area (TPSA) is 122 Å². The molecule has 26 heavy (non-hydrogen) atoms. The fourth-order valence-corrected chi connectivity index (χ4v) is 2.30. The van der Waals surface area contributed by atoms with Crippen LogP contribution in [0, 0.1) is 0 Å². The Labute approximate surface area is 149 Å². The lowest BCUT2D eigenvalue weighted by Crippen LogP contribution is -2.06. The molecule has 132 valence electrons. The van der Waals surface area contributed by atoms with Gasteiger partial charge in [-0.3, -0.25) is 0 Å². The third-order valence-corrected chi connectivity index (χ3v) is 3.64. The minimum atomic E-state index is -0.985. The second-order valence-corrected chi connectivity index (χ2v) is 5.32. The SMILES string of the molecule is COc1ccccc1Nc1ncnc(Nc2ccc(C(=O)O)cc2)c1N. The van der Waals surface area contributed by atoms with Crippen LogP contribution in [0.4, 0.5) is 28.7 Å². The highest BCUT2D eigenvalue weighted by Crippen LogP contribution is 2.31. The van der Waals surface area contributed by atoms with E-state index in [-0.39, 0.29) is 5.56 Å². The molecule has 0 atom stereocenters. The third-order valence-electron chi connectivity index (χ3n) is 3.64. The van der Waals surface area contributed by atoms with E-state index >= 15 is 0 Å². The highest BCUT2D eigenvalue weighted by atomic mass is 16.5. The smallest absolute Gasteiger partial charge is 0.335 e. The molecule has 3 rings (SSSR count).